The fourth-order valence-electron chi connectivity index (χ4n) is 2.11. The van der Waals surface area contributed by atoms with Crippen molar-refractivity contribution in [3.63, 3.8) is 0 Å². The van der Waals surface area contributed by atoms with Crippen LogP contribution >= 0.6 is 11.8 Å². The van der Waals surface area contributed by atoms with Crippen LogP contribution in [0, 0.1) is 0 Å². The van der Waals surface area contributed by atoms with Gasteiger partial charge in [-0.2, -0.15) is 0 Å². The van der Waals surface area contributed by atoms with Crippen molar-refractivity contribution in [3.05, 3.63) is 59.7 Å². The summed E-state index contributed by atoms with van der Waals surface area (Å²) in [4.78, 5) is 13.4. The molecule has 0 aliphatic rings. The molecule has 0 amide bonds. The lowest BCUT2D eigenvalue weighted by Crippen LogP contribution is -1.94. The number of allylic oxidation sites excluding steroid dienone is 1. The zero-order chi connectivity index (χ0) is 16.7. The van der Waals surface area contributed by atoms with E-state index >= 15 is 0 Å². The number of rotatable bonds is 7. The van der Waals surface area contributed by atoms with Crippen molar-refractivity contribution in [2.45, 2.75) is 11.8 Å². The molecule has 0 aromatic heterocycles. The molecule has 0 spiro atoms. The summed E-state index contributed by atoms with van der Waals surface area (Å²) in [7, 11) is 3.21. The summed E-state index contributed by atoms with van der Waals surface area (Å²) < 4.78 is 10.5. The Morgan fingerprint density at radius 2 is 1.83 bits per heavy atom. The van der Waals surface area contributed by atoms with Crippen LogP contribution in [0.3, 0.4) is 0 Å². The van der Waals surface area contributed by atoms with Gasteiger partial charge in [-0.15, -0.1) is 11.8 Å². The molecule has 0 saturated carbocycles. The van der Waals surface area contributed by atoms with Gasteiger partial charge in [0.15, 0.2) is 5.78 Å². The zero-order valence-corrected chi connectivity index (χ0v) is 14.4. The number of methoxy groups -OCH3 is 2. The average Bonchev–Trinajstić information content (AvgIpc) is 2.60. The van der Waals surface area contributed by atoms with E-state index in [2.05, 4.69) is 6.92 Å². The fraction of sp³-hybridized carbons (Fsp3) is 0.211. The highest BCUT2D eigenvalue weighted by Crippen LogP contribution is 2.25. The van der Waals surface area contributed by atoms with Gasteiger partial charge in [-0.3, -0.25) is 4.79 Å². The zero-order valence-electron chi connectivity index (χ0n) is 13.5. The van der Waals surface area contributed by atoms with Crippen molar-refractivity contribution in [1.29, 1.82) is 0 Å². The van der Waals surface area contributed by atoms with Gasteiger partial charge in [0.1, 0.15) is 11.5 Å². The molecule has 0 radical (unpaired) electrons. The maximum Gasteiger partial charge on any atom is 0.185 e. The van der Waals surface area contributed by atoms with Crippen LogP contribution in [0.15, 0.2) is 53.4 Å². The Morgan fingerprint density at radius 3 is 2.43 bits per heavy atom. The van der Waals surface area contributed by atoms with Gasteiger partial charge in [0.05, 0.1) is 14.2 Å². The molecule has 0 heterocycles. The average molecular weight is 328 g/mol. The summed E-state index contributed by atoms with van der Waals surface area (Å²) in [5.74, 6) is 2.40. The second kappa shape index (κ2) is 8.44. The molecule has 0 fully saturated rings. The summed E-state index contributed by atoms with van der Waals surface area (Å²) in [5.41, 5.74) is 1.47. The number of thioether (sulfide) groups is 1. The van der Waals surface area contributed by atoms with Gasteiger partial charge in [0, 0.05) is 16.0 Å². The minimum Gasteiger partial charge on any atom is -0.497 e. The molecule has 2 rings (SSSR count). The molecule has 120 valence electrons. The summed E-state index contributed by atoms with van der Waals surface area (Å²) in [6.45, 7) is 2.11. The molecular weight excluding hydrogens is 308 g/mol. The molecule has 0 aliphatic carbocycles. The third kappa shape index (κ3) is 4.63. The summed E-state index contributed by atoms with van der Waals surface area (Å²) in [6.07, 6.45) is 3.30. The molecule has 2 aromatic rings. The number of benzene rings is 2. The van der Waals surface area contributed by atoms with Crippen LogP contribution in [0.5, 0.6) is 11.5 Å². The number of ether oxygens (including phenoxy) is 2. The number of carbonyl (C=O) groups is 1. The maximum absolute atomic E-state index is 12.3. The lowest BCUT2D eigenvalue weighted by Gasteiger charge is -2.07. The quantitative estimate of drug-likeness (QED) is 0.419. The van der Waals surface area contributed by atoms with E-state index in [9.17, 15) is 4.79 Å². The maximum atomic E-state index is 12.3. The first kappa shape index (κ1) is 17.2. The van der Waals surface area contributed by atoms with Gasteiger partial charge in [-0.05, 0) is 60.4 Å². The largest absolute Gasteiger partial charge is 0.497 e. The second-order valence-electron chi connectivity index (χ2n) is 4.76. The van der Waals surface area contributed by atoms with Crippen molar-refractivity contribution in [1.82, 2.24) is 0 Å². The highest BCUT2D eigenvalue weighted by atomic mass is 32.2. The molecule has 0 bridgehead atoms. The number of carbonyl (C=O) groups excluding carboxylic acids is 1. The SMILES string of the molecule is CCSc1ccc(C(=O)/C=C/c2cc(OC)ccc2OC)cc1. The highest BCUT2D eigenvalue weighted by molar-refractivity contribution is 7.99. The van der Waals surface area contributed by atoms with Crippen molar-refractivity contribution in [2.75, 3.05) is 20.0 Å². The van der Waals surface area contributed by atoms with Gasteiger partial charge in [0.2, 0.25) is 0 Å². The predicted octanol–water partition coefficient (Wildman–Crippen LogP) is 4.71. The van der Waals surface area contributed by atoms with Crippen LogP contribution in [-0.2, 0) is 0 Å². The van der Waals surface area contributed by atoms with Crippen molar-refractivity contribution in [2.24, 2.45) is 0 Å². The van der Waals surface area contributed by atoms with Crippen LogP contribution in [0.2, 0.25) is 0 Å². The van der Waals surface area contributed by atoms with Crippen molar-refractivity contribution < 1.29 is 14.3 Å². The standard InChI is InChI=1S/C19H20O3S/c1-4-23-17-9-5-14(6-10-17)18(20)11-7-15-13-16(21-2)8-12-19(15)22-3/h5-13H,4H2,1-3H3/b11-7+. The lowest BCUT2D eigenvalue weighted by molar-refractivity contribution is 0.104. The van der Waals surface area contributed by atoms with Crippen LogP contribution in [0.1, 0.15) is 22.8 Å². The minimum atomic E-state index is -0.0390. The van der Waals surface area contributed by atoms with Crippen LogP contribution in [-0.4, -0.2) is 25.8 Å². The van der Waals surface area contributed by atoms with Crippen LogP contribution in [0.25, 0.3) is 6.08 Å². The first-order chi connectivity index (χ1) is 11.2. The van der Waals surface area contributed by atoms with E-state index in [1.807, 2.05) is 42.5 Å². The van der Waals surface area contributed by atoms with E-state index in [0.29, 0.717) is 11.3 Å². The second-order valence-corrected chi connectivity index (χ2v) is 6.10. The molecule has 0 aliphatic heterocycles. The lowest BCUT2D eigenvalue weighted by atomic mass is 10.1. The molecule has 3 nitrogen and oxygen atoms in total. The van der Waals surface area contributed by atoms with E-state index in [-0.39, 0.29) is 5.78 Å². The van der Waals surface area contributed by atoms with Crippen LogP contribution in [0.4, 0.5) is 0 Å². The predicted molar refractivity (Wildman–Crippen MR) is 95.8 cm³/mol. The minimum absolute atomic E-state index is 0.0390. The normalized spacial score (nSPS) is 10.7. The Morgan fingerprint density at radius 1 is 1.09 bits per heavy atom. The number of ketones is 1. The Hall–Kier alpha value is -2.20. The van der Waals surface area contributed by atoms with E-state index in [1.165, 1.54) is 4.90 Å². The summed E-state index contributed by atoms with van der Waals surface area (Å²) >= 11 is 1.76. The summed E-state index contributed by atoms with van der Waals surface area (Å²) in [5, 5.41) is 0. The Bertz CT molecular complexity index is 690. The van der Waals surface area contributed by atoms with Crippen molar-refractivity contribution in [3.8, 4) is 11.5 Å². The molecule has 0 unspecified atom stereocenters. The molecule has 4 heteroatoms. The van der Waals surface area contributed by atoms with Gasteiger partial charge in [-0.25, -0.2) is 0 Å². The Kier molecular flexibility index (Phi) is 6.29. The molecule has 23 heavy (non-hydrogen) atoms. The Balaban J connectivity index is 2.17. The molecule has 0 N–H and O–H groups in total. The van der Waals surface area contributed by atoms with Gasteiger partial charge < -0.3 is 9.47 Å². The van der Waals surface area contributed by atoms with Gasteiger partial charge >= 0.3 is 0 Å². The molecular formula is C19H20O3S. The molecule has 0 atom stereocenters. The number of hydrogen-bond acceptors (Lipinski definition) is 4. The highest BCUT2D eigenvalue weighted by Gasteiger charge is 2.05. The van der Waals surface area contributed by atoms with E-state index in [0.717, 1.165) is 17.1 Å². The molecule has 0 saturated heterocycles. The van der Waals surface area contributed by atoms with E-state index < -0.39 is 0 Å². The van der Waals surface area contributed by atoms with E-state index in [4.69, 9.17) is 9.47 Å². The third-order valence-electron chi connectivity index (χ3n) is 3.30. The smallest absolute Gasteiger partial charge is 0.185 e. The molecule has 2 aromatic carbocycles. The van der Waals surface area contributed by atoms with Gasteiger partial charge in [-0.1, -0.05) is 6.92 Å². The van der Waals surface area contributed by atoms with E-state index in [1.54, 1.807) is 38.1 Å². The van der Waals surface area contributed by atoms with Gasteiger partial charge in [0.25, 0.3) is 0 Å². The topological polar surface area (TPSA) is 35.5 Å². The first-order valence-electron chi connectivity index (χ1n) is 7.35. The first-order valence-corrected chi connectivity index (χ1v) is 8.33. The fourth-order valence-corrected chi connectivity index (χ4v) is 2.78. The monoisotopic (exact) mass is 328 g/mol. The number of hydrogen-bond donors (Lipinski definition) is 0. The summed E-state index contributed by atoms with van der Waals surface area (Å²) in [6, 6.07) is 13.1. The third-order valence-corrected chi connectivity index (χ3v) is 4.20. The van der Waals surface area contributed by atoms with Crippen molar-refractivity contribution >= 4 is 23.6 Å². The Labute approximate surface area is 141 Å². The van der Waals surface area contributed by atoms with Crippen LogP contribution < -0.4 is 9.47 Å².